The average molecular weight is 360 g/mol. The summed E-state index contributed by atoms with van der Waals surface area (Å²) < 4.78 is 5.32. The van der Waals surface area contributed by atoms with Crippen LogP contribution in [0.15, 0.2) is 54.6 Å². The summed E-state index contributed by atoms with van der Waals surface area (Å²) in [6.45, 7) is 0.584. The first-order valence-corrected chi connectivity index (χ1v) is 8.36. The van der Waals surface area contributed by atoms with E-state index in [0.29, 0.717) is 11.6 Å². The SMILES string of the molecule is O=C(O)[C@@H]1CN(C(=O)OCc2ccccc2)C[C@@H]1c1cccc(Cl)c1. The number of benzene rings is 2. The summed E-state index contributed by atoms with van der Waals surface area (Å²) >= 11 is 6.01. The number of rotatable bonds is 4. The molecule has 1 heterocycles. The van der Waals surface area contributed by atoms with Gasteiger partial charge in [0.05, 0.1) is 5.92 Å². The third-order valence-electron chi connectivity index (χ3n) is 4.38. The zero-order chi connectivity index (χ0) is 17.8. The van der Waals surface area contributed by atoms with E-state index in [1.807, 2.05) is 36.4 Å². The smallest absolute Gasteiger partial charge is 0.410 e. The van der Waals surface area contributed by atoms with Gasteiger partial charge in [-0.05, 0) is 23.3 Å². The number of carboxylic acids is 1. The minimum Gasteiger partial charge on any atom is -0.481 e. The molecule has 0 aromatic heterocycles. The van der Waals surface area contributed by atoms with E-state index in [1.54, 1.807) is 18.2 Å². The Bertz CT molecular complexity index is 765. The first kappa shape index (κ1) is 17.3. The van der Waals surface area contributed by atoms with Gasteiger partial charge in [-0.1, -0.05) is 54.1 Å². The molecule has 5 nitrogen and oxygen atoms in total. The number of ether oxygens (including phenoxy) is 1. The van der Waals surface area contributed by atoms with Gasteiger partial charge in [0, 0.05) is 24.0 Å². The number of amides is 1. The Balaban J connectivity index is 1.69. The number of hydrogen-bond acceptors (Lipinski definition) is 3. The number of aliphatic carboxylic acids is 1. The standard InChI is InChI=1S/C19H18ClNO4/c20-15-8-4-7-14(9-15)16-10-21(11-17(16)18(22)23)19(24)25-12-13-5-2-1-3-6-13/h1-9,16-17H,10-12H2,(H,22,23)/t16-,17-/m1/s1. The fourth-order valence-electron chi connectivity index (χ4n) is 3.09. The molecule has 0 spiro atoms. The van der Waals surface area contributed by atoms with Crippen molar-refractivity contribution in [3.63, 3.8) is 0 Å². The third-order valence-corrected chi connectivity index (χ3v) is 4.61. The number of halogens is 1. The highest BCUT2D eigenvalue weighted by Gasteiger charge is 2.41. The molecule has 0 aliphatic carbocycles. The van der Waals surface area contributed by atoms with Gasteiger partial charge in [-0.2, -0.15) is 0 Å². The second-order valence-electron chi connectivity index (χ2n) is 6.05. The fourth-order valence-corrected chi connectivity index (χ4v) is 3.29. The predicted molar refractivity (Wildman–Crippen MR) is 93.5 cm³/mol. The minimum atomic E-state index is -0.927. The van der Waals surface area contributed by atoms with Crippen molar-refractivity contribution in [2.24, 2.45) is 5.92 Å². The Labute approximate surface area is 150 Å². The fraction of sp³-hybridized carbons (Fsp3) is 0.263. The minimum absolute atomic E-state index is 0.125. The first-order chi connectivity index (χ1) is 12.0. The topological polar surface area (TPSA) is 66.8 Å². The lowest BCUT2D eigenvalue weighted by atomic mass is 9.89. The number of carboxylic acid groups (broad SMARTS) is 1. The molecule has 0 radical (unpaired) electrons. The third kappa shape index (κ3) is 4.12. The summed E-state index contributed by atoms with van der Waals surface area (Å²) in [6.07, 6.45) is -0.500. The van der Waals surface area contributed by atoms with Gasteiger partial charge in [0.1, 0.15) is 6.61 Å². The van der Waals surface area contributed by atoms with Gasteiger partial charge in [0.2, 0.25) is 0 Å². The second-order valence-corrected chi connectivity index (χ2v) is 6.49. The largest absolute Gasteiger partial charge is 0.481 e. The van der Waals surface area contributed by atoms with Crippen LogP contribution < -0.4 is 0 Å². The molecule has 0 bridgehead atoms. The maximum atomic E-state index is 12.3. The number of carbonyl (C=O) groups is 2. The summed E-state index contributed by atoms with van der Waals surface area (Å²) in [5.74, 6) is -1.91. The maximum absolute atomic E-state index is 12.3. The molecule has 130 valence electrons. The van der Waals surface area contributed by atoms with Crippen molar-refractivity contribution in [2.45, 2.75) is 12.5 Å². The van der Waals surface area contributed by atoms with Gasteiger partial charge in [0.25, 0.3) is 0 Å². The van der Waals surface area contributed by atoms with Crippen molar-refractivity contribution in [1.29, 1.82) is 0 Å². The molecule has 2 aromatic carbocycles. The van der Waals surface area contributed by atoms with E-state index < -0.39 is 18.0 Å². The average Bonchev–Trinajstić information content (AvgIpc) is 3.06. The van der Waals surface area contributed by atoms with Crippen molar-refractivity contribution in [3.8, 4) is 0 Å². The van der Waals surface area contributed by atoms with Crippen molar-refractivity contribution in [2.75, 3.05) is 13.1 Å². The zero-order valence-electron chi connectivity index (χ0n) is 13.5. The monoisotopic (exact) mass is 359 g/mol. The van der Waals surface area contributed by atoms with Crippen molar-refractivity contribution >= 4 is 23.7 Å². The van der Waals surface area contributed by atoms with E-state index in [9.17, 15) is 14.7 Å². The molecular formula is C19H18ClNO4. The summed E-state index contributed by atoms with van der Waals surface area (Å²) in [4.78, 5) is 25.4. The van der Waals surface area contributed by atoms with Crippen LogP contribution in [-0.4, -0.2) is 35.2 Å². The van der Waals surface area contributed by atoms with E-state index >= 15 is 0 Å². The van der Waals surface area contributed by atoms with Gasteiger partial charge in [-0.3, -0.25) is 4.79 Å². The van der Waals surface area contributed by atoms with Gasteiger partial charge < -0.3 is 14.7 Å². The number of carbonyl (C=O) groups excluding carboxylic acids is 1. The number of hydrogen-bond donors (Lipinski definition) is 1. The Kier molecular flexibility index (Phi) is 5.24. The maximum Gasteiger partial charge on any atom is 0.410 e. The Morgan fingerprint density at radius 2 is 1.88 bits per heavy atom. The molecule has 0 saturated carbocycles. The molecule has 1 amide bonds. The molecule has 1 aliphatic heterocycles. The van der Waals surface area contributed by atoms with Crippen molar-refractivity contribution < 1.29 is 19.4 Å². The number of nitrogens with zero attached hydrogens (tertiary/aromatic N) is 1. The van der Waals surface area contributed by atoms with E-state index in [0.717, 1.165) is 11.1 Å². The molecule has 1 saturated heterocycles. The Morgan fingerprint density at radius 1 is 1.12 bits per heavy atom. The van der Waals surface area contributed by atoms with Gasteiger partial charge >= 0.3 is 12.1 Å². The molecule has 1 aliphatic rings. The second kappa shape index (κ2) is 7.57. The van der Waals surface area contributed by atoms with Crippen LogP contribution in [0.1, 0.15) is 17.0 Å². The molecule has 1 N–H and O–H groups in total. The van der Waals surface area contributed by atoms with Crippen LogP contribution in [0.25, 0.3) is 0 Å². The normalized spacial score (nSPS) is 19.6. The Hall–Kier alpha value is -2.53. The summed E-state index contributed by atoms with van der Waals surface area (Å²) in [5, 5.41) is 10.1. The highest BCUT2D eigenvalue weighted by atomic mass is 35.5. The molecule has 1 fully saturated rings. The lowest BCUT2D eigenvalue weighted by Gasteiger charge is -2.16. The molecular weight excluding hydrogens is 342 g/mol. The van der Waals surface area contributed by atoms with Crippen molar-refractivity contribution in [3.05, 3.63) is 70.7 Å². The van der Waals surface area contributed by atoms with Crippen LogP contribution in [0.5, 0.6) is 0 Å². The molecule has 3 rings (SSSR count). The molecule has 25 heavy (non-hydrogen) atoms. The quantitative estimate of drug-likeness (QED) is 0.902. The van der Waals surface area contributed by atoms with Gasteiger partial charge in [0.15, 0.2) is 0 Å². The highest BCUT2D eigenvalue weighted by molar-refractivity contribution is 6.30. The van der Waals surface area contributed by atoms with E-state index in [2.05, 4.69) is 0 Å². The molecule has 2 atom stereocenters. The summed E-state index contributed by atoms with van der Waals surface area (Å²) in [7, 11) is 0. The lowest BCUT2D eigenvalue weighted by molar-refractivity contribution is -0.141. The van der Waals surface area contributed by atoms with Crippen LogP contribution in [0, 0.1) is 5.92 Å². The molecule has 2 aromatic rings. The van der Waals surface area contributed by atoms with E-state index in [1.165, 1.54) is 4.90 Å². The lowest BCUT2D eigenvalue weighted by Crippen LogP contribution is -2.30. The molecule has 6 heteroatoms. The number of likely N-dealkylation sites (tertiary alicyclic amines) is 1. The van der Waals surface area contributed by atoms with Gasteiger partial charge in [-0.15, -0.1) is 0 Å². The van der Waals surface area contributed by atoms with Gasteiger partial charge in [-0.25, -0.2) is 4.79 Å². The van der Waals surface area contributed by atoms with Crippen LogP contribution in [-0.2, 0) is 16.1 Å². The van der Waals surface area contributed by atoms with E-state index in [-0.39, 0.29) is 19.1 Å². The summed E-state index contributed by atoms with van der Waals surface area (Å²) in [6, 6.07) is 16.5. The van der Waals surface area contributed by atoms with Crippen LogP contribution in [0.2, 0.25) is 5.02 Å². The zero-order valence-corrected chi connectivity index (χ0v) is 14.2. The van der Waals surface area contributed by atoms with E-state index in [4.69, 9.17) is 16.3 Å². The van der Waals surface area contributed by atoms with Crippen LogP contribution in [0.3, 0.4) is 0 Å². The highest BCUT2D eigenvalue weighted by Crippen LogP contribution is 2.34. The molecule has 0 unspecified atom stereocenters. The Morgan fingerprint density at radius 3 is 2.56 bits per heavy atom. The predicted octanol–water partition coefficient (Wildman–Crippen LogP) is 3.78. The van der Waals surface area contributed by atoms with Crippen LogP contribution in [0.4, 0.5) is 4.79 Å². The van der Waals surface area contributed by atoms with Crippen molar-refractivity contribution in [1.82, 2.24) is 4.90 Å². The first-order valence-electron chi connectivity index (χ1n) is 7.98. The van der Waals surface area contributed by atoms with Crippen LogP contribution >= 0.6 is 11.6 Å². The summed E-state index contributed by atoms with van der Waals surface area (Å²) in [5.41, 5.74) is 1.70.